The summed E-state index contributed by atoms with van der Waals surface area (Å²) in [7, 11) is 0. The van der Waals surface area contributed by atoms with Crippen LogP contribution in [0.3, 0.4) is 0 Å². The number of halogens is 3. The SMILES string of the molecule is CCCc1c(Nc2ccnc3cc(C(F)(F)F)ccc23)cccc1C(N)=O. The van der Waals surface area contributed by atoms with E-state index in [9.17, 15) is 18.0 Å². The summed E-state index contributed by atoms with van der Waals surface area (Å²) in [5.74, 6) is -0.517. The summed E-state index contributed by atoms with van der Waals surface area (Å²) < 4.78 is 38.8. The minimum Gasteiger partial charge on any atom is -0.366 e. The van der Waals surface area contributed by atoms with Gasteiger partial charge in [0, 0.05) is 28.5 Å². The van der Waals surface area contributed by atoms with E-state index in [2.05, 4.69) is 10.3 Å². The second-order valence-corrected chi connectivity index (χ2v) is 6.16. The number of hydrogen-bond acceptors (Lipinski definition) is 3. The molecule has 0 aliphatic heterocycles. The normalized spacial score (nSPS) is 11.6. The number of alkyl halides is 3. The van der Waals surface area contributed by atoms with Gasteiger partial charge in [-0.1, -0.05) is 25.5 Å². The average molecular weight is 373 g/mol. The minimum atomic E-state index is -4.43. The van der Waals surface area contributed by atoms with Gasteiger partial charge in [0.2, 0.25) is 5.91 Å². The summed E-state index contributed by atoms with van der Waals surface area (Å²) in [6.07, 6.45) is -1.53. The average Bonchev–Trinajstić information content (AvgIpc) is 2.62. The van der Waals surface area contributed by atoms with Gasteiger partial charge in [-0.3, -0.25) is 9.78 Å². The van der Waals surface area contributed by atoms with Crippen molar-refractivity contribution in [1.82, 2.24) is 4.98 Å². The van der Waals surface area contributed by atoms with Crippen LogP contribution in [-0.4, -0.2) is 10.9 Å². The van der Waals surface area contributed by atoms with Crippen LogP contribution in [0.15, 0.2) is 48.7 Å². The third-order valence-electron chi connectivity index (χ3n) is 4.28. The second kappa shape index (κ2) is 7.26. The number of fused-ring (bicyclic) bond motifs is 1. The number of nitrogens with one attached hydrogen (secondary N) is 1. The molecule has 0 fully saturated rings. The topological polar surface area (TPSA) is 68.0 Å². The van der Waals surface area contributed by atoms with Crippen molar-refractivity contribution in [3.05, 3.63) is 65.4 Å². The van der Waals surface area contributed by atoms with Crippen molar-refractivity contribution in [3.8, 4) is 0 Å². The van der Waals surface area contributed by atoms with E-state index in [0.717, 1.165) is 24.1 Å². The highest BCUT2D eigenvalue weighted by molar-refractivity contribution is 5.98. The molecule has 7 heteroatoms. The number of carbonyl (C=O) groups excluding carboxylic acids is 1. The van der Waals surface area contributed by atoms with Gasteiger partial charge >= 0.3 is 6.18 Å². The summed E-state index contributed by atoms with van der Waals surface area (Å²) in [5.41, 5.74) is 7.47. The fraction of sp³-hybridized carbons (Fsp3) is 0.200. The monoisotopic (exact) mass is 373 g/mol. The van der Waals surface area contributed by atoms with E-state index in [1.165, 1.54) is 12.3 Å². The van der Waals surface area contributed by atoms with E-state index < -0.39 is 17.6 Å². The van der Waals surface area contributed by atoms with E-state index in [0.29, 0.717) is 28.7 Å². The predicted octanol–water partition coefficient (Wildman–Crippen LogP) is 5.05. The highest BCUT2D eigenvalue weighted by atomic mass is 19.4. The Morgan fingerprint density at radius 3 is 2.59 bits per heavy atom. The number of carbonyl (C=O) groups is 1. The highest BCUT2D eigenvalue weighted by Crippen LogP contribution is 2.34. The zero-order chi connectivity index (χ0) is 19.6. The fourth-order valence-electron chi connectivity index (χ4n) is 3.03. The maximum atomic E-state index is 12.9. The number of amides is 1. The first-order valence-corrected chi connectivity index (χ1v) is 8.46. The molecule has 0 spiro atoms. The molecule has 3 rings (SSSR count). The Kier molecular flexibility index (Phi) is 5.03. The van der Waals surface area contributed by atoms with Crippen LogP contribution in [0.2, 0.25) is 0 Å². The van der Waals surface area contributed by atoms with Gasteiger partial charge < -0.3 is 11.1 Å². The van der Waals surface area contributed by atoms with Crippen LogP contribution >= 0.6 is 0 Å². The summed E-state index contributed by atoms with van der Waals surface area (Å²) in [6, 6.07) is 10.3. The number of benzene rings is 2. The van der Waals surface area contributed by atoms with Gasteiger partial charge in [0.15, 0.2) is 0 Å². The molecule has 140 valence electrons. The van der Waals surface area contributed by atoms with Crippen molar-refractivity contribution >= 4 is 28.2 Å². The molecule has 0 bridgehead atoms. The van der Waals surface area contributed by atoms with Gasteiger partial charge in [-0.05, 0) is 42.3 Å². The number of pyridine rings is 1. The third-order valence-corrected chi connectivity index (χ3v) is 4.28. The molecular weight excluding hydrogens is 355 g/mol. The summed E-state index contributed by atoms with van der Waals surface area (Å²) >= 11 is 0. The maximum absolute atomic E-state index is 12.9. The molecule has 3 aromatic rings. The molecule has 27 heavy (non-hydrogen) atoms. The van der Waals surface area contributed by atoms with Crippen molar-refractivity contribution in [2.45, 2.75) is 25.9 Å². The zero-order valence-corrected chi connectivity index (χ0v) is 14.6. The first-order valence-electron chi connectivity index (χ1n) is 8.46. The molecule has 3 N–H and O–H groups in total. The molecule has 0 unspecified atom stereocenters. The molecule has 2 aromatic carbocycles. The fourth-order valence-corrected chi connectivity index (χ4v) is 3.03. The lowest BCUT2D eigenvalue weighted by Gasteiger charge is -2.16. The number of hydrogen-bond donors (Lipinski definition) is 2. The Hall–Kier alpha value is -3.09. The minimum absolute atomic E-state index is 0.234. The third kappa shape index (κ3) is 3.86. The summed E-state index contributed by atoms with van der Waals surface area (Å²) in [6.45, 7) is 1.99. The standard InChI is InChI=1S/C20H18F3N3O/c1-2-4-13-14(19(24)27)5-3-6-16(13)26-17-9-10-25-18-11-12(20(21,22)23)7-8-15(17)18/h3,5-11H,2,4H2,1H3,(H2,24,27)(H,25,26). The Bertz CT molecular complexity index is 999. The van der Waals surface area contributed by atoms with Gasteiger partial charge in [0.05, 0.1) is 11.1 Å². The lowest BCUT2D eigenvalue weighted by Crippen LogP contribution is -2.15. The van der Waals surface area contributed by atoms with Crippen LogP contribution in [0.1, 0.15) is 34.8 Å². The predicted molar refractivity (Wildman–Crippen MR) is 99.0 cm³/mol. The number of anilines is 2. The molecule has 0 radical (unpaired) electrons. The molecule has 0 aliphatic rings. The van der Waals surface area contributed by atoms with Crippen LogP contribution in [0.5, 0.6) is 0 Å². The van der Waals surface area contributed by atoms with Crippen LogP contribution in [0.4, 0.5) is 24.5 Å². The van der Waals surface area contributed by atoms with E-state index in [1.807, 2.05) is 13.0 Å². The smallest absolute Gasteiger partial charge is 0.366 e. The molecule has 0 saturated heterocycles. The molecule has 1 aromatic heterocycles. The Balaban J connectivity index is 2.07. The van der Waals surface area contributed by atoms with Gasteiger partial charge in [-0.2, -0.15) is 13.2 Å². The van der Waals surface area contributed by atoms with Gasteiger partial charge in [0.1, 0.15) is 0 Å². The highest BCUT2D eigenvalue weighted by Gasteiger charge is 2.30. The summed E-state index contributed by atoms with van der Waals surface area (Å²) in [4.78, 5) is 15.8. The molecule has 1 heterocycles. The number of primary amides is 1. The number of rotatable bonds is 5. The molecule has 0 aliphatic carbocycles. The molecule has 1 amide bonds. The first-order chi connectivity index (χ1) is 12.8. The zero-order valence-electron chi connectivity index (χ0n) is 14.6. The number of nitrogens with two attached hydrogens (primary N) is 1. The van der Waals surface area contributed by atoms with Gasteiger partial charge in [0.25, 0.3) is 0 Å². The van der Waals surface area contributed by atoms with Crippen molar-refractivity contribution in [2.75, 3.05) is 5.32 Å². The Morgan fingerprint density at radius 1 is 1.15 bits per heavy atom. The Morgan fingerprint density at radius 2 is 1.93 bits per heavy atom. The van der Waals surface area contributed by atoms with Crippen LogP contribution in [0, 0.1) is 0 Å². The van der Waals surface area contributed by atoms with Crippen LogP contribution in [0.25, 0.3) is 10.9 Å². The maximum Gasteiger partial charge on any atom is 0.416 e. The van der Waals surface area contributed by atoms with Crippen molar-refractivity contribution in [3.63, 3.8) is 0 Å². The van der Waals surface area contributed by atoms with Crippen molar-refractivity contribution in [2.24, 2.45) is 5.73 Å². The summed E-state index contributed by atoms with van der Waals surface area (Å²) in [5, 5.41) is 3.78. The van der Waals surface area contributed by atoms with Gasteiger partial charge in [-0.15, -0.1) is 0 Å². The van der Waals surface area contributed by atoms with Crippen molar-refractivity contribution in [1.29, 1.82) is 0 Å². The first kappa shape index (κ1) is 18.7. The van der Waals surface area contributed by atoms with E-state index in [4.69, 9.17) is 5.73 Å². The lowest BCUT2D eigenvalue weighted by atomic mass is 10.00. The molecule has 4 nitrogen and oxygen atoms in total. The Labute approximate surface area is 154 Å². The van der Waals surface area contributed by atoms with Crippen molar-refractivity contribution < 1.29 is 18.0 Å². The van der Waals surface area contributed by atoms with Gasteiger partial charge in [-0.25, -0.2) is 0 Å². The number of nitrogens with zero attached hydrogens (tertiary/aromatic N) is 1. The number of aromatic nitrogens is 1. The largest absolute Gasteiger partial charge is 0.416 e. The van der Waals surface area contributed by atoms with E-state index in [-0.39, 0.29) is 5.52 Å². The lowest BCUT2D eigenvalue weighted by molar-refractivity contribution is -0.137. The molecule has 0 atom stereocenters. The second-order valence-electron chi connectivity index (χ2n) is 6.16. The molecule has 0 saturated carbocycles. The van der Waals surface area contributed by atoms with Crippen LogP contribution in [-0.2, 0) is 12.6 Å². The molecular formula is C20H18F3N3O. The van der Waals surface area contributed by atoms with E-state index in [1.54, 1.807) is 18.2 Å². The van der Waals surface area contributed by atoms with Crippen LogP contribution < -0.4 is 11.1 Å². The van der Waals surface area contributed by atoms with E-state index >= 15 is 0 Å². The quantitative estimate of drug-likeness (QED) is 0.658.